The van der Waals surface area contributed by atoms with Crippen molar-refractivity contribution in [3.8, 4) is 0 Å². The van der Waals surface area contributed by atoms with Crippen LogP contribution in [0.4, 0.5) is 5.69 Å². The zero-order valence-electron chi connectivity index (χ0n) is 7.80. The fourth-order valence-corrected chi connectivity index (χ4v) is 1.09. The van der Waals surface area contributed by atoms with E-state index in [9.17, 15) is 9.70 Å². The first-order valence-corrected chi connectivity index (χ1v) is 4.19. The maximum Gasteiger partial charge on any atom is 0.248 e. The number of anilines is 1. The molecule has 1 rings (SSSR count). The standard InChI is InChI=1S/C9H11N3O2/c1-2-12(11-14)8-5-3-7(4-6-8)9(10)13/h3-6H,2H2,1H3,(H2,10,13). The first-order valence-electron chi connectivity index (χ1n) is 4.19. The largest absolute Gasteiger partial charge is 0.366 e. The van der Waals surface area contributed by atoms with E-state index in [4.69, 9.17) is 5.73 Å². The lowest BCUT2D eigenvalue weighted by Crippen LogP contribution is -2.15. The molecule has 0 bridgehead atoms. The highest BCUT2D eigenvalue weighted by Crippen LogP contribution is 2.14. The number of carbonyl (C=O) groups excluding carboxylic acids is 1. The Bertz CT molecular complexity index is 334. The zero-order chi connectivity index (χ0) is 10.6. The predicted octanol–water partition coefficient (Wildman–Crippen LogP) is 1.29. The summed E-state index contributed by atoms with van der Waals surface area (Å²) in [7, 11) is 0. The molecular formula is C9H11N3O2. The number of rotatable bonds is 4. The average Bonchev–Trinajstić information content (AvgIpc) is 2.20. The maximum absolute atomic E-state index is 10.7. The van der Waals surface area contributed by atoms with Crippen LogP contribution in [0.15, 0.2) is 29.6 Å². The first kappa shape index (κ1) is 10.2. The second-order valence-corrected chi connectivity index (χ2v) is 2.71. The molecule has 0 saturated heterocycles. The van der Waals surface area contributed by atoms with Crippen molar-refractivity contribution < 1.29 is 4.79 Å². The van der Waals surface area contributed by atoms with E-state index in [0.29, 0.717) is 17.8 Å². The topological polar surface area (TPSA) is 75.8 Å². The van der Waals surface area contributed by atoms with Gasteiger partial charge in [-0.25, -0.2) is 5.01 Å². The molecule has 14 heavy (non-hydrogen) atoms. The molecule has 0 spiro atoms. The van der Waals surface area contributed by atoms with Crippen molar-refractivity contribution in [2.45, 2.75) is 6.92 Å². The van der Waals surface area contributed by atoms with Crippen LogP contribution in [0.1, 0.15) is 17.3 Å². The molecule has 5 heteroatoms. The minimum atomic E-state index is -0.487. The van der Waals surface area contributed by atoms with Gasteiger partial charge in [-0.2, -0.15) is 0 Å². The van der Waals surface area contributed by atoms with Gasteiger partial charge in [0.25, 0.3) is 0 Å². The molecule has 0 radical (unpaired) electrons. The number of nitroso groups, excluding NO2 is 1. The van der Waals surface area contributed by atoms with Crippen LogP contribution >= 0.6 is 0 Å². The van der Waals surface area contributed by atoms with Crippen molar-refractivity contribution >= 4 is 11.6 Å². The van der Waals surface area contributed by atoms with Crippen molar-refractivity contribution in [3.05, 3.63) is 34.7 Å². The van der Waals surface area contributed by atoms with Crippen molar-refractivity contribution in [2.24, 2.45) is 11.0 Å². The summed E-state index contributed by atoms with van der Waals surface area (Å²) in [6.07, 6.45) is 0. The van der Waals surface area contributed by atoms with Gasteiger partial charge in [0.2, 0.25) is 5.91 Å². The molecular weight excluding hydrogens is 182 g/mol. The maximum atomic E-state index is 10.7. The summed E-state index contributed by atoms with van der Waals surface area (Å²) in [6, 6.07) is 6.38. The monoisotopic (exact) mass is 193 g/mol. The van der Waals surface area contributed by atoms with Gasteiger partial charge in [-0.1, -0.05) is 0 Å². The van der Waals surface area contributed by atoms with Crippen molar-refractivity contribution in [3.63, 3.8) is 0 Å². The Labute approximate surface area is 81.5 Å². The van der Waals surface area contributed by atoms with E-state index in [1.165, 1.54) is 5.01 Å². The third-order valence-corrected chi connectivity index (χ3v) is 1.85. The van der Waals surface area contributed by atoms with E-state index < -0.39 is 5.91 Å². The van der Waals surface area contributed by atoms with E-state index in [0.717, 1.165) is 0 Å². The summed E-state index contributed by atoms with van der Waals surface area (Å²) in [5.41, 5.74) is 6.13. The van der Waals surface area contributed by atoms with Gasteiger partial charge >= 0.3 is 0 Å². The lowest BCUT2D eigenvalue weighted by molar-refractivity contribution is 0.100. The molecule has 0 aromatic heterocycles. The van der Waals surface area contributed by atoms with E-state index in [-0.39, 0.29) is 0 Å². The number of primary amides is 1. The number of benzene rings is 1. The summed E-state index contributed by atoms with van der Waals surface area (Å²) in [5.74, 6) is -0.487. The predicted molar refractivity (Wildman–Crippen MR) is 53.8 cm³/mol. The summed E-state index contributed by atoms with van der Waals surface area (Å²) < 4.78 is 0. The Morgan fingerprint density at radius 3 is 2.36 bits per heavy atom. The van der Waals surface area contributed by atoms with Crippen LogP contribution in [-0.2, 0) is 0 Å². The number of nitrogens with two attached hydrogens (primary N) is 1. The fraction of sp³-hybridized carbons (Fsp3) is 0.222. The van der Waals surface area contributed by atoms with Crippen molar-refractivity contribution in [1.29, 1.82) is 0 Å². The molecule has 0 heterocycles. The van der Waals surface area contributed by atoms with Gasteiger partial charge in [-0.05, 0) is 31.2 Å². The molecule has 0 aliphatic carbocycles. The van der Waals surface area contributed by atoms with E-state index >= 15 is 0 Å². The van der Waals surface area contributed by atoms with Gasteiger partial charge in [-0.3, -0.25) is 4.79 Å². The van der Waals surface area contributed by atoms with Gasteiger partial charge < -0.3 is 5.73 Å². The number of carbonyl (C=O) groups is 1. The summed E-state index contributed by atoms with van der Waals surface area (Å²) >= 11 is 0. The molecule has 0 fully saturated rings. The molecule has 2 N–H and O–H groups in total. The van der Waals surface area contributed by atoms with Gasteiger partial charge in [0.1, 0.15) is 0 Å². The first-order chi connectivity index (χ1) is 6.69. The lowest BCUT2D eigenvalue weighted by atomic mass is 10.2. The highest BCUT2D eigenvalue weighted by atomic mass is 16.3. The number of nitrogens with zero attached hydrogens (tertiary/aromatic N) is 2. The Morgan fingerprint density at radius 2 is 2.00 bits per heavy atom. The quantitative estimate of drug-likeness (QED) is 0.578. The summed E-state index contributed by atoms with van der Waals surface area (Å²) in [6.45, 7) is 2.29. The molecule has 1 aromatic rings. The Hall–Kier alpha value is -1.91. The fourth-order valence-electron chi connectivity index (χ4n) is 1.09. The molecule has 0 unspecified atom stereocenters. The molecule has 5 nitrogen and oxygen atoms in total. The number of hydrogen-bond donors (Lipinski definition) is 1. The average molecular weight is 193 g/mol. The molecule has 0 aliphatic heterocycles. The number of hydrogen-bond acceptors (Lipinski definition) is 3. The molecule has 0 saturated carbocycles. The Balaban J connectivity index is 2.92. The summed E-state index contributed by atoms with van der Waals surface area (Å²) in [4.78, 5) is 21.1. The van der Waals surface area contributed by atoms with Crippen LogP contribution in [-0.4, -0.2) is 12.5 Å². The van der Waals surface area contributed by atoms with Crippen LogP contribution < -0.4 is 10.7 Å². The zero-order valence-corrected chi connectivity index (χ0v) is 7.80. The second kappa shape index (κ2) is 4.36. The van der Waals surface area contributed by atoms with Crippen LogP contribution in [0.3, 0.4) is 0 Å². The minimum Gasteiger partial charge on any atom is -0.366 e. The van der Waals surface area contributed by atoms with E-state index in [1.54, 1.807) is 24.3 Å². The van der Waals surface area contributed by atoms with Crippen molar-refractivity contribution in [1.82, 2.24) is 0 Å². The van der Waals surface area contributed by atoms with E-state index in [2.05, 4.69) is 5.29 Å². The SMILES string of the molecule is CCN(N=O)c1ccc(C(N)=O)cc1. The second-order valence-electron chi connectivity index (χ2n) is 2.71. The van der Waals surface area contributed by atoms with Gasteiger partial charge in [0.05, 0.1) is 11.0 Å². The van der Waals surface area contributed by atoms with E-state index in [1.807, 2.05) is 6.92 Å². The van der Waals surface area contributed by atoms with Gasteiger partial charge in [-0.15, -0.1) is 4.91 Å². The highest BCUT2D eigenvalue weighted by Gasteiger charge is 2.04. The number of amides is 1. The lowest BCUT2D eigenvalue weighted by Gasteiger charge is -2.12. The molecule has 1 aromatic carbocycles. The van der Waals surface area contributed by atoms with Gasteiger partial charge in [0, 0.05) is 12.1 Å². The smallest absolute Gasteiger partial charge is 0.248 e. The third-order valence-electron chi connectivity index (χ3n) is 1.85. The van der Waals surface area contributed by atoms with Crippen LogP contribution in [0, 0.1) is 4.91 Å². The Morgan fingerprint density at radius 1 is 1.43 bits per heavy atom. The minimum absolute atomic E-state index is 0.413. The van der Waals surface area contributed by atoms with Crippen LogP contribution in [0.25, 0.3) is 0 Å². The summed E-state index contributed by atoms with van der Waals surface area (Å²) in [5, 5.41) is 4.10. The Kier molecular flexibility index (Phi) is 3.17. The van der Waals surface area contributed by atoms with Crippen molar-refractivity contribution in [2.75, 3.05) is 11.6 Å². The normalized spacial score (nSPS) is 9.50. The van der Waals surface area contributed by atoms with Gasteiger partial charge in [0.15, 0.2) is 0 Å². The van der Waals surface area contributed by atoms with Crippen LogP contribution in [0.5, 0.6) is 0 Å². The molecule has 0 aliphatic rings. The van der Waals surface area contributed by atoms with Crippen LogP contribution in [0.2, 0.25) is 0 Å². The third kappa shape index (κ3) is 2.07. The highest BCUT2D eigenvalue weighted by molar-refractivity contribution is 5.93. The molecule has 1 amide bonds. The molecule has 74 valence electrons. The molecule has 0 atom stereocenters.